The third-order valence-electron chi connectivity index (χ3n) is 4.44. The van der Waals surface area contributed by atoms with E-state index in [0.29, 0.717) is 5.92 Å². The van der Waals surface area contributed by atoms with Crippen molar-refractivity contribution in [1.82, 2.24) is 10.2 Å². The van der Waals surface area contributed by atoms with Crippen molar-refractivity contribution in [3.63, 3.8) is 0 Å². The maximum absolute atomic E-state index is 14.3. The lowest BCUT2D eigenvalue weighted by Crippen LogP contribution is -2.48. The van der Waals surface area contributed by atoms with Gasteiger partial charge in [0.15, 0.2) is 0 Å². The van der Waals surface area contributed by atoms with Gasteiger partial charge in [-0.2, -0.15) is 0 Å². The number of halogens is 2. The second-order valence-electron chi connectivity index (χ2n) is 5.56. The van der Waals surface area contributed by atoms with Crippen LogP contribution in [0.1, 0.15) is 30.9 Å². The Kier molecular flexibility index (Phi) is 4.20. The third kappa shape index (κ3) is 2.71. The molecule has 1 aliphatic carbocycles. The van der Waals surface area contributed by atoms with Gasteiger partial charge in [-0.3, -0.25) is 4.90 Å². The smallest absolute Gasteiger partial charge is 0.129 e. The molecular weight excluding hydrogens is 307 g/mol. The largest absolute Gasteiger partial charge is 0.314 e. The van der Waals surface area contributed by atoms with Gasteiger partial charge in [0, 0.05) is 42.3 Å². The number of nitrogens with zero attached hydrogens (tertiary/aromatic N) is 1. The Balaban J connectivity index is 1.93. The van der Waals surface area contributed by atoms with E-state index in [-0.39, 0.29) is 11.9 Å². The maximum Gasteiger partial charge on any atom is 0.129 e. The molecule has 2 aliphatic rings. The van der Waals surface area contributed by atoms with Crippen LogP contribution >= 0.6 is 15.9 Å². The SMILES string of the molecule is Fc1cccc(Br)c1[C@@H](C1CCC1)N1CCNCC1. The number of rotatable bonds is 3. The molecule has 104 valence electrons. The predicted octanol–water partition coefficient (Wildman–Crippen LogP) is 3.33. The zero-order valence-electron chi connectivity index (χ0n) is 11.0. The molecule has 0 spiro atoms. The summed E-state index contributed by atoms with van der Waals surface area (Å²) in [5.41, 5.74) is 0.870. The third-order valence-corrected chi connectivity index (χ3v) is 5.13. The Morgan fingerprint density at radius 1 is 1.26 bits per heavy atom. The first kappa shape index (κ1) is 13.5. The minimum atomic E-state index is -0.0650. The van der Waals surface area contributed by atoms with E-state index in [0.717, 1.165) is 36.2 Å². The van der Waals surface area contributed by atoms with Crippen LogP contribution in [0.25, 0.3) is 0 Å². The number of piperazine rings is 1. The Bertz CT molecular complexity index is 422. The molecule has 1 saturated heterocycles. The van der Waals surface area contributed by atoms with Crippen molar-refractivity contribution >= 4 is 15.9 Å². The maximum atomic E-state index is 14.3. The molecule has 1 aromatic rings. The Labute approximate surface area is 122 Å². The van der Waals surface area contributed by atoms with E-state index in [2.05, 4.69) is 26.1 Å². The molecule has 1 aromatic carbocycles. The molecule has 1 saturated carbocycles. The summed E-state index contributed by atoms with van der Waals surface area (Å²) in [5.74, 6) is 0.552. The average Bonchev–Trinajstić information content (AvgIpc) is 2.36. The molecule has 0 aromatic heterocycles. The van der Waals surface area contributed by atoms with Crippen LogP contribution in [0.2, 0.25) is 0 Å². The number of hydrogen-bond donors (Lipinski definition) is 1. The van der Waals surface area contributed by atoms with Gasteiger partial charge in [0.05, 0.1) is 0 Å². The van der Waals surface area contributed by atoms with Crippen molar-refractivity contribution in [2.75, 3.05) is 26.2 Å². The van der Waals surface area contributed by atoms with Gasteiger partial charge in [-0.05, 0) is 30.9 Å². The van der Waals surface area contributed by atoms with E-state index in [9.17, 15) is 4.39 Å². The average molecular weight is 327 g/mol. The molecule has 2 fully saturated rings. The zero-order chi connectivity index (χ0) is 13.2. The summed E-state index contributed by atoms with van der Waals surface area (Å²) in [6.45, 7) is 4.05. The van der Waals surface area contributed by atoms with Gasteiger partial charge < -0.3 is 5.32 Å². The summed E-state index contributed by atoms with van der Waals surface area (Å²) < 4.78 is 15.2. The molecule has 0 amide bonds. The van der Waals surface area contributed by atoms with E-state index in [1.807, 2.05) is 6.07 Å². The normalized spacial score (nSPS) is 23.1. The number of benzene rings is 1. The van der Waals surface area contributed by atoms with Crippen LogP contribution in [0.15, 0.2) is 22.7 Å². The van der Waals surface area contributed by atoms with Crippen LogP contribution in [0.5, 0.6) is 0 Å². The van der Waals surface area contributed by atoms with E-state index in [1.165, 1.54) is 19.3 Å². The van der Waals surface area contributed by atoms with Crippen molar-refractivity contribution in [3.8, 4) is 0 Å². The van der Waals surface area contributed by atoms with E-state index < -0.39 is 0 Å². The second kappa shape index (κ2) is 5.90. The molecule has 1 heterocycles. The Morgan fingerprint density at radius 2 is 2.00 bits per heavy atom. The summed E-state index contributed by atoms with van der Waals surface area (Å²) in [7, 11) is 0. The van der Waals surface area contributed by atoms with Gasteiger partial charge in [-0.1, -0.05) is 28.4 Å². The van der Waals surface area contributed by atoms with E-state index in [4.69, 9.17) is 0 Å². The van der Waals surface area contributed by atoms with Crippen LogP contribution in [0.4, 0.5) is 4.39 Å². The fraction of sp³-hybridized carbons (Fsp3) is 0.600. The summed E-state index contributed by atoms with van der Waals surface area (Å²) >= 11 is 3.55. The van der Waals surface area contributed by atoms with Gasteiger partial charge in [0.2, 0.25) is 0 Å². The molecule has 2 nitrogen and oxygen atoms in total. The number of hydrogen-bond acceptors (Lipinski definition) is 2. The predicted molar refractivity (Wildman–Crippen MR) is 78.6 cm³/mol. The van der Waals surface area contributed by atoms with Gasteiger partial charge >= 0.3 is 0 Å². The summed E-state index contributed by atoms with van der Waals surface area (Å²) in [6, 6.07) is 5.57. The molecule has 0 unspecified atom stereocenters. The van der Waals surface area contributed by atoms with Crippen LogP contribution in [-0.2, 0) is 0 Å². The van der Waals surface area contributed by atoms with Crippen molar-refractivity contribution in [2.24, 2.45) is 5.92 Å². The van der Waals surface area contributed by atoms with Gasteiger partial charge in [-0.15, -0.1) is 0 Å². The molecule has 19 heavy (non-hydrogen) atoms. The highest BCUT2D eigenvalue weighted by molar-refractivity contribution is 9.10. The second-order valence-corrected chi connectivity index (χ2v) is 6.41. The highest BCUT2D eigenvalue weighted by atomic mass is 79.9. The lowest BCUT2D eigenvalue weighted by molar-refractivity contribution is 0.0807. The van der Waals surface area contributed by atoms with Gasteiger partial charge in [0.25, 0.3) is 0 Å². The molecular formula is C15H20BrFN2. The first-order valence-corrected chi connectivity index (χ1v) is 7.95. The van der Waals surface area contributed by atoms with Crippen LogP contribution < -0.4 is 5.32 Å². The van der Waals surface area contributed by atoms with Crippen LogP contribution in [-0.4, -0.2) is 31.1 Å². The fourth-order valence-corrected chi connectivity index (χ4v) is 3.80. The first-order chi connectivity index (χ1) is 9.27. The summed E-state index contributed by atoms with van der Waals surface area (Å²) in [5, 5.41) is 3.38. The molecule has 1 aliphatic heterocycles. The molecule has 0 radical (unpaired) electrons. The van der Waals surface area contributed by atoms with Crippen molar-refractivity contribution < 1.29 is 4.39 Å². The molecule has 3 rings (SSSR count). The lowest BCUT2D eigenvalue weighted by Gasteiger charge is -2.43. The quantitative estimate of drug-likeness (QED) is 0.916. The van der Waals surface area contributed by atoms with Gasteiger partial charge in [0.1, 0.15) is 5.82 Å². The zero-order valence-corrected chi connectivity index (χ0v) is 12.6. The van der Waals surface area contributed by atoms with Crippen molar-refractivity contribution in [3.05, 3.63) is 34.1 Å². The highest BCUT2D eigenvalue weighted by Crippen LogP contribution is 2.44. The van der Waals surface area contributed by atoms with Gasteiger partial charge in [-0.25, -0.2) is 4.39 Å². The molecule has 4 heteroatoms. The minimum absolute atomic E-state index is 0.0650. The van der Waals surface area contributed by atoms with Crippen LogP contribution in [0.3, 0.4) is 0 Å². The molecule has 1 atom stereocenters. The van der Waals surface area contributed by atoms with Crippen molar-refractivity contribution in [2.45, 2.75) is 25.3 Å². The van der Waals surface area contributed by atoms with Crippen LogP contribution in [0, 0.1) is 11.7 Å². The lowest BCUT2D eigenvalue weighted by atomic mass is 9.76. The van der Waals surface area contributed by atoms with E-state index >= 15 is 0 Å². The fourth-order valence-electron chi connectivity index (χ4n) is 3.23. The summed E-state index contributed by atoms with van der Waals surface area (Å²) in [4.78, 5) is 2.46. The Morgan fingerprint density at radius 3 is 2.58 bits per heavy atom. The Hall–Kier alpha value is -0.450. The topological polar surface area (TPSA) is 15.3 Å². The number of nitrogens with one attached hydrogen (secondary N) is 1. The molecule has 0 bridgehead atoms. The van der Waals surface area contributed by atoms with Crippen molar-refractivity contribution in [1.29, 1.82) is 0 Å². The minimum Gasteiger partial charge on any atom is -0.314 e. The standard InChI is InChI=1S/C15H20BrFN2/c16-12-5-2-6-13(17)14(12)15(11-3-1-4-11)19-9-7-18-8-10-19/h2,5-6,11,15,18H,1,3-4,7-10H2/t15-/m1/s1. The highest BCUT2D eigenvalue weighted by Gasteiger charge is 2.36. The molecule has 1 N–H and O–H groups in total. The monoisotopic (exact) mass is 326 g/mol. The first-order valence-electron chi connectivity index (χ1n) is 7.16. The summed E-state index contributed by atoms with van der Waals surface area (Å²) in [6.07, 6.45) is 3.75. The van der Waals surface area contributed by atoms with E-state index in [1.54, 1.807) is 12.1 Å².